The van der Waals surface area contributed by atoms with E-state index in [9.17, 15) is 4.39 Å². The number of hydrogen-bond acceptors (Lipinski definition) is 3. The molecule has 0 atom stereocenters. The van der Waals surface area contributed by atoms with Gasteiger partial charge in [0.25, 0.3) is 0 Å². The van der Waals surface area contributed by atoms with Crippen molar-refractivity contribution in [2.75, 3.05) is 0 Å². The largest absolute Gasteiger partial charge is 0.270 e. The van der Waals surface area contributed by atoms with Gasteiger partial charge in [-0.3, -0.25) is 4.57 Å². The van der Waals surface area contributed by atoms with Gasteiger partial charge in [0.2, 0.25) is 0 Å². The van der Waals surface area contributed by atoms with E-state index in [4.69, 9.17) is 11.6 Å². The van der Waals surface area contributed by atoms with Gasteiger partial charge >= 0.3 is 0 Å². The number of rotatable bonds is 5. The topological polar surface area (TPSA) is 30.7 Å². The highest BCUT2D eigenvalue weighted by Gasteiger charge is 2.16. The number of hydrogen-bond donors (Lipinski definition) is 0. The van der Waals surface area contributed by atoms with Gasteiger partial charge in [-0.25, -0.2) is 4.39 Å². The van der Waals surface area contributed by atoms with Crippen LogP contribution in [0, 0.1) is 5.82 Å². The molecule has 0 aliphatic rings. The van der Waals surface area contributed by atoms with Crippen LogP contribution in [-0.4, -0.2) is 14.8 Å². The molecule has 1 aromatic heterocycles. The molecule has 27 heavy (non-hydrogen) atoms. The van der Waals surface area contributed by atoms with E-state index in [1.165, 1.54) is 23.9 Å². The molecule has 0 N–H and O–H groups in total. The zero-order valence-electron chi connectivity index (χ0n) is 14.2. The molecule has 0 aliphatic heterocycles. The van der Waals surface area contributed by atoms with E-state index in [1.807, 2.05) is 65.2 Å². The lowest BCUT2D eigenvalue weighted by Gasteiger charge is -2.10. The zero-order valence-corrected chi connectivity index (χ0v) is 15.8. The van der Waals surface area contributed by atoms with Gasteiger partial charge in [-0.15, -0.1) is 10.2 Å². The third kappa shape index (κ3) is 4.04. The van der Waals surface area contributed by atoms with Crippen molar-refractivity contribution in [2.45, 2.75) is 10.9 Å². The van der Waals surface area contributed by atoms with Crippen molar-refractivity contribution in [2.24, 2.45) is 0 Å². The first kappa shape index (κ1) is 17.8. The highest BCUT2D eigenvalue weighted by atomic mass is 35.5. The number of halogens is 2. The zero-order chi connectivity index (χ0) is 18.6. The Kier molecular flexibility index (Phi) is 5.23. The molecule has 0 saturated heterocycles. The molecule has 0 saturated carbocycles. The second-order valence-corrected chi connectivity index (χ2v) is 7.28. The van der Waals surface area contributed by atoms with Crippen LogP contribution in [0.4, 0.5) is 4.39 Å². The van der Waals surface area contributed by atoms with Gasteiger partial charge in [0.05, 0.1) is 0 Å². The summed E-state index contributed by atoms with van der Waals surface area (Å²) >= 11 is 7.56. The summed E-state index contributed by atoms with van der Waals surface area (Å²) in [5, 5.41) is 10.2. The monoisotopic (exact) mass is 395 g/mol. The summed E-state index contributed by atoms with van der Waals surface area (Å²) in [5.74, 6) is 1.11. The minimum absolute atomic E-state index is 0.239. The van der Waals surface area contributed by atoms with Crippen LogP contribution in [-0.2, 0) is 5.75 Å². The number of thioether (sulfide) groups is 1. The number of aromatic nitrogens is 3. The van der Waals surface area contributed by atoms with Crippen molar-refractivity contribution >= 4 is 23.4 Å². The summed E-state index contributed by atoms with van der Waals surface area (Å²) in [5.41, 5.74) is 2.79. The lowest BCUT2D eigenvalue weighted by molar-refractivity contribution is 0.626. The van der Waals surface area contributed by atoms with Gasteiger partial charge < -0.3 is 0 Å². The van der Waals surface area contributed by atoms with Crippen LogP contribution >= 0.6 is 23.4 Å². The molecule has 3 nitrogen and oxygen atoms in total. The molecule has 4 rings (SSSR count). The third-order valence-electron chi connectivity index (χ3n) is 4.01. The van der Waals surface area contributed by atoms with Crippen molar-refractivity contribution in [3.8, 4) is 17.1 Å². The molecular weight excluding hydrogens is 381 g/mol. The highest BCUT2D eigenvalue weighted by molar-refractivity contribution is 7.98. The molecule has 0 fully saturated rings. The summed E-state index contributed by atoms with van der Waals surface area (Å²) in [6.07, 6.45) is 0. The van der Waals surface area contributed by atoms with Crippen LogP contribution in [0.2, 0.25) is 5.02 Å². The Morgan fingerprint density at radius 1 is 0.889 bits per heavy atom. The molecule has 0 radical (unpaired) electrons. The fourth-order valence-electron chi connectivity index (χ4n) is 2.74. The molecule has 0 amide bonds. The quantitative estimate of drug-likeness (QED) is 0.387. The Bertz CT molecular complexity index is 1050. The first-order chi connectivity index (χ1) is 13.2. The first-order valence-corrected chi connectivity index (χ1v) is 9.71. The van der Waals surface area contributed by atoms with Crippen molar-refractivity contribution in [1.29, 1.82) is 0 Å². The van der Waals surface area contributed by atoms with Gasteiger partial charge in [-0.05, 0) is 42.0 Å². The molecule has 0 bridgehead atoms. The smallest absolute Gasteiger partial charge is 0.196 e. The fraction of sp³-hybridized carbons (Fsp3) is 0.0476. The number of benzene rings is 3. The van der Waals surface area contributed by atoms with Crippen LogP contribution < -0.4 is 0 Å². The maximum atomic E-state index is 13.4. The van der Waals surface area contributed by atoms with Crippen molar-refractivity contribution in [1.82, 2.24) is 14.8 Å². The Morgan fingerprint density at radius 2 is 1.67 bits per heavy atom. The predicted octanol–water partition coefficient (Wildman–Crippen LogP) is 6.02. The second-order valence-electron chi connectivity index (χ2n) is 5.90. The average Bonchev–Trinajstić information content (AvgIpc) is 3.12. The van der Waals surface area contributed by atoms with Crippen LogP contribution in [0.25, 0.3) is 17.1 Å². The normalized spacial score (nSPS) is 10.9. The molecule has 0 aliphatic carbocycles. The van der Waals surface area contributed by atoms with E-state index < -0.39 is 0 Å². The van der Waals surface area contributed by atoms with E-state index >= 15 is 0 Å². The lowest BCUT2D eigenvalue weighted by Crippen LogP contribution is -1.99. The van der Waals surface area contributed by atoms with E-state index in [-0.39, 0.29) is 5.82 Å². The molecule has 3 aromatic carbocycles. The van der Waals surface area contributed by atoms with Gasteiger partial charge in [-0.1, -0.05) is 65.8 Å². The Balaban J connectivity index is 1.73. The Hall–Kier alpha value is -2.63. The van der Waals surface area contributed by atoms with Crippen LogP contribution in [0.5, 0.6) is 0 Å². The third-order valence-corrected chi connectivity index (χ3v) is 5.26. The molecular formula is C21H15ClFN3S. The molecule has 1 heterocycles. The molecule has 6 heteroatoms. The van der Waals surface area contributed by atoms with Crippen molar-refractivity contribution < 1.29 is 4.39 Å². The lowest BCUT2D eigenvalue weighted by atomic mass is 10.2. The number of nitrogens with zero attached hydrogens (tertiary/aromatic N) is 3. The summed E-state index contributed by atoms with van der Waals surface area (Å²) < 4.78 is 15.4. The van der Waals surface area contributed by atoms with Crippen molar-refractivity contribution in [3.63, 3.8) is 0 Å². The minimum atomic E-state index is -0.239. The molecule has 134 valence electrons. The highest BCUT2D eigenvalue weighted by Crippen LogP contribution is 2.30. The van der Waals surface area contributed by atoms with Gasteiger partial charge in [0, 0.05) is 22.0 Å². The molecule has 0 spiro atoms. The van der Waals surface area contributed by atoms with E-state index in [0.717, 1.165) is 27.8 Å². The summed E-state index contributed by atoms with van der Waals surface area (Å²) in [7, 11) is 0. The van der Waals surface area contributed by atoms with E-state index in [0.29, 0.717) is 10.8 Å². The standard InChI is InChI=1S/C21H15ClFN3S/c22-17-9-11-19(12-10-17)26-20(16-6-2-1-3-7-16)24-25-21(26)27-14-15-5-4-8-18(23)13-15/h1-13H,14H2. The first-order valence-electron chi connectivity index (χ1n) is 8.35. The Labute approximate surface area is 165 Å². The SMILES string of the molecule is Fc1cccc(CSc2nnc(-c3ccccc3)n2-c2ccc(Cl)cc2)c1. The van der Waals surface area contributed by atoms with Gasteiger partial charge in [-0.2, -0.15) is 0 Å². The van der Waals surface area contributed by atoms with Crippen LogP contribution in [0.15, 0.2) is 84.0 Å². The summed E-state index contributed by atoms with van der Waals surface area (Å²) in [4.78, 5) is 0. The Morgan fingerprint density at radius 3 is 2.41 bits per heavy atom. The van der Waals surface area contributed by atoms with Gasteiger partial charge in [0.15, 0.2) is 11.0 Å². The molecule has 4 aromatic rings. The average molecular weight is 396 g/mol. The van der Waals surface area contributed by atoms with Crippen LogP contribution in [0.3, 0.4) is 0 Å². The predicted molar refractivity (Wildman–Crippen MR) is 108 cm³/mol. The summed E-state index contributed by atoms with van der Waals surface area (Å²) in [6, 6.07) is 24.0. The summed E-state index contributed by atoms with van der Waals surface area (Å²) in [6.45, 7) is 0. The van der Waals surface area contributed by atoms with E-state index in [2.05, 4.69) is 10.2 Å². The fourth-order valence-corrected chi connectivity index (χ4v) is 3.76. The molecule has 0 unspecified atom stereocenters. The second kappa shape index (κ2) is 7.94. The van der Waals surface area contributed by atoms with Crippen molar-refractivity contribution in [3.05, 3.63) is 95.3 Å². The minimum Gasteiger partial charge on any atom is -0.270 e. The van der Waals surface area contributed by atoms with Crippen LogP contribution in [0.1, 0.15) is 5.56 Å². The van der Waals surface area contributed by atoms with E-state index in [1.54, 1.807) is 6.07 Å². The maximum Gasteiger partial charge on any atom is 0.196 e. The van der Waals surface area contributed by atoms with Gasteiger partial charge in [0.1, 0.15) is 5.82 Å². The maximum absolute atomic E-state index is 13.4.